The van der Waals surface area contributed by atoms with Gasteiger partial charge >= 0.3 is 33.3 Å². The van der Waals surface area contributed by atoms with E-state index in [-0.39, 0.29) is 27.3 Å². The van der Waals surface area contributed by atoms with Crippen molar-refractivity contribution in [1.82, 2.24) is 5.32 Å². The molecule has 0 aromatic rings. The molecule has 1 amide bonds. The number of carboxylic acid groups (broad SMARTS) is 1. The zero-order valence-electron chi connectivity index (χ0n) is 6.09. The van der Waals surface area contributed by atoms with Crippen molar-refractivity contribution in [2.75, 3.05) is 6.54 Å². The van der Waals surface area contributed by atoms with Crippen molar-refractivity contribution in [2.45, 2.75) is 6.92 Å². The van der Waals surface area contributed by atoms with E-state index in [1.807, 2.05) is 5.32 Å². The summed E-state index contributed by atoms with van der Waals surface area (Å²) in [6.45, 7) is 0.551. The summed E-state index contributed by atoms with van der Waals surface area (Å²) in [4.78, 5) is 30.3. The maximum atomic E-state index is 10.3. The number of rotatable bonds is 3. The molecule has 0 rings (SSSR count). The first kappa shape index (κ1) is 13.1. The molecule has 0 unspecified atom stereocenters. The molecular formula is C5H9NO4Pb. The van der Waals surface area contributed by atoms with Crippen LogP contribution in [0.25, 0.3) is 0 Å². The number of nitrogens with one attached hydrogen (secondary N) is 1. The van der Waals surface area contributed by atoms with Gasteiger partial charge < -0.3 is 10.4 Å². The van der Waals surface area contributed by atoms with Gasteiger partial charge in [0.05, 0.1) is 0 Å². The molecular weight excluding hydrogens is 345 g/mol. The van der Waals surface area contributed by atoms with Crippen molar-refractivity contribution in [1.29, 1.82) is 0 Å². The predicted octanol–water partition coefficient (Wildman–Crippen LogP) is -2.14. The Morgan fingerprint density at radius 1 is 1.36 bits per heavy atom. The van der Waals surface area contributed by atoms with Crippen molar-refractivity contribution >= 4 is 45.0 Å². The van der Waals surface area contributed by atoms with Crippen LogP contribution in [0, 0.1) is 0 Å². The summed E-state index contributed by atoms with van der Waals surface area (Å²) < 4.78 is 0. The molecule has 0 saturated carbocycles. The number of hydrogen-bond donors (Lipinski definition) is 2. The van der Waals surface area contributed by atoms with Gasteiger partial charge in [0.1, 0.15) is 6.54 Å². The van der Waals surface area contributed by atoms with E-state index in [1.54, 1.807) is 0 Å². The second-order valence-corrected chi connectivity index (χ2v) is 1.63. The molecule has 0 aromatic carbocycles. The zero-order chi connectivity index (χ0) is 8.15. The summed E-state index contributed by atoms with van der Waals surface area (Å²) in [5.74, 6) is -2.74. The molecule has 0 saturated heterocycles. The van der Waals surface area contributed by atoms with Crippen molar-refractivity contribution < 1.29 is 19.5 Å². The first-order valence-electron chi connectivity index (χ1n) is 2.54. The Balaban J connectivity index is 0. The summed E-state index contributed by atoms with van der Waals surface area (Å²) in [5, 5.41) is 9.91. The minimum absolute atomic E-state index is 0. The number of carbonyl (C=O) groups excluding carboxylic acids is 2. The van der Waals surface area contributed by atoms with E-state index < -0.39 is 24.2 Å². The van der Waals surface area contributed by atoms with Crippen molar-refractivity contribution in [3.8, 4) is 0 Å². The molecule has 0 bridgehead atoms. The summed E-state index contributed by atoms with van der Waals surface area (Å²) in [7, 11) is 0. The van der Waals surface area contributed by atoms with Crippen molar-refractivity contribution in [3.63, 3.8) is 0 Å². The Hall–Kier alpha value is -0.468. The fourth-order valence-electron chi connectivity index (χ4n) is 0.280. The monoisotopic (exact) mass is 355 g/mol. The molecule has 0 fully saturated rings. The summed E-state index contributed by atoms with van der Waals surface area (Å²) in [6, 6.07) is 0. The van der Waals surface area contributed by atoms with Crippen LogP contribution in [0.2, 0.25) is 0 Å². The molecule has 0 aliphatic carbocycles. The van der Waals surface area contributed by atoms with Crippen LogP contribution in [-0.2, 0) is 14.4 Å². The molecule has 0 heterocycles. The second kappa shape index (κ2) is 6.26. The molecule has 0 atom stereocenters. The van der Waals surface area contributed by atoms with Gasteiger partial charge in [0.25, 0.3) is 5.91 Å². The third-order valence-corrected chi connectivity index (χ3v) is 0.720. The number of aliphatic carboxylic acids is 1. The molecule has 2 radical (unpaired) electrons. The van der Waals surface area contributed by atoms with Crippen molar-refractivity contribution in [2.24, 2.45) is 0 Å². The van der Waals surface area contributed by atoms with Crippen LogP contribution in [0.3, 0.4) is 0 Å². The van der Waals surface area contributed by atoms with Crippen LogP contribution in [0.5, 0.6) is 0 Å². The van der Waals surface area contributed by atoms with Gasteiger partial charge in [-0.2, -0.15) is 0 Å². The topological polar surface area (TPSA) is 83.5 Å². The standard InChI is InChI=1S/C5H7NO4.Pb.2H/c1-3(7)5(10)6-2-4(8)9;;;/h2H2,1H3,(H,6,10)(H,8,9);;;. The first-order valence-corrected chi connectivity index (χ1v) is 2.54. The van der Waals surface area contributed by atoms with Crippen LogP contribution < -0.4 is 5.32 Å². The van der Waals surface area contributed by atoms with E-state index in [2.05, 4.69) is 0 Å². The normalized spacial score (nSPS) is 7.73. The van der Waals surface area contributed by atoms with E-state index in [1.165, 1.54) is 0 Å². The third kappa shape index (κ3) is 7.43. The fraction of sp³-hybridized carbons (Fsp3) is 0.400. The van der Waals surface area contributed by atoms with Gasteiger partial charge in [-0.3, -0.25) is 14.4 Å². The van der Waals surface area contributed by atoms with E-state index in [0.29, 0.717) is 0 Å². The SMILES string of the molecule is CC(=O)C(=O)NCC(=O)O.[PbH2]. The van der Waals surface area contributed by atoms with E-state index in [0.717, 1.165) is 6.92 Å². The van der Waals surface area contributed by atoms with E-state index in [4.69, 9.17) is 5.11 Å². The third-order valence-electron chi connectivity index (χ3n) is 0.720. The predicted molar refractivity (Wildman–Crippen MR) is 39.9 cm³/mol. The first-order chi connectivity index (χ1) is 4.54. The minimum atomic E-state index is -1.17. The van der Waals surface area contributed by atoms with Gasteiger partial charge in [0.2, 0.25) is 5.78 Å². The summed E-state index contributed by atoms with van der Waals surface area (Å²) in [5.41, 5.74) is 0. The van der Waals surface area contributed by atoms with E-state index >= 15 is 0 Å². The van der Waals surface area contributed by atoms with Gasteiger partial charge in [-0.15, -0.1) is 0 Å². The van der Waals surface area contributed by atoms with Gasteiger partial charge in [-0.05, 0) is 0 Å². The molecule has 0 aliphatic rings. The van der Waals surface area contributed by atoms with Gasteiger partial charge in [-0.1, -0.05) is 0 Å². The summed E-state index contributed by atoms with van der Waals surface area (Å²) in [6.07, 6.45) is 0. The number of carbonyl (C=O) groups is 3. The summed E-state index contributed by atoms with van der Waals surface area (Å²) >= 11 is 0. The Bertz CT molecular complexity index is 179. The van der Waals surface area contributed by atoms with Crippen LogP contribution in [-0.4, -0.2) is 56.6 Å². The molecule has 11 heavy (non-hydrogen) atoms. The second-order valence-electron chi connectivity index (χ2n) is 1.63. The maximum absolute atomic E-state index is 10.3. The van der Waals surface area contributed by atoms with Crippen molar-refractivity contribution in [3.05, 3.63) is 0 Å². The van der Waals surface area contributed by atoms with Crippen LogP contribution in [0.1, 0.15) is 6.92 Å². The number of ketones is 1. The van der Waals surface area contributed by atoms with E-state index in [9.17, 15) is 14.4 Å². The van der Waals surface area contributed by atoms with Gasteiger partial charge in [0, 0.05) is 6.92 Å². The van der Waals surface area contributed by atoms with Gasteiger partial charge in [0.15, 0.2) is 0 Å². The number of carboxylic acids is 1. The van der Waals surface area contributed by atoms with Crippen LogP contribution in [0.15, 0.2) is 0 Å². The van der Waals surface area contributed by atoms with Crippen LogP contribution in [0.4, 0.5) is 0 Å². The number of hydrogen-bond acceptors (Lipinski definition) is 3. The molecule has 62 valence electrons. The number of amides is 1. The Kier molecular flexibility index (Phi) is 7.48. The van der Waals surface area contributed by atoms with Crippen LogP contribution >= 0.6 is 0 Å². The molecule has 5 nitrogen and oxygen atoms in total. The molecule has 0 spiro atoms. The zero-order valence-corrected chi connectivity index (χ0v) is 11.6. The Morgan fingerprint density at radius 2 is 1.82 bits per heavy atom. The molecule has 0 aliphatic heterocycles. The molecule has 0 aromatic heterocycles. The molecule has 6 heteroatoms. The quantitative estimate of drug-likeness (QED) is 0.448. The fourth-order valence-corrected chi connectivity index (χ4v) is 0.280. The average molecular weight is 354 g/mol. The average Bonchev–Trinajstić information content (AvgIpc) is 1.82. The Morgan fingerprint density at radius 3 is 2.09 bits per heavy atom. The Labute approximate surface area is 83.3 Å². The van der Waals surface area contributed by atoms with Gasteiger partial charge in [-0.25, -0.2) is 0 Å². The molecule has 2 N–H and O–H groups in total. The number of Topliss-reactive ketones (excluding diaryl/α,β-unsaturated/α-hetero) is 1.